The van der Waals surface area contributed by atoms with Gasteiger partial charge in [0.15, 0.2) is 18.9 Å². The van der Waals surface area contributed by atoms with Gasteiger partial charge in [0.1, 0.15) is 73.2 Å². The summed E-state index contributed by atoms with van der Waals surface area (Å²) >= 11 is 0. The second-order valence-corrected chi connectivity index (χ2v) is 19.0. The summed E-state index contributed by atoms with van der Waals surface area (Å²) in [5.41, 5.74) is 0. The molecule has 0 aromatic heterocycles. The van der Waals surface area contributed by atoms with E-state index in [4.69, 9.17) is 28.4 Å². The Bertz CT molecular complexity index is 1690. The lowest BCUT2D eigenvalue weighted by molar-refractivity contribution is -0.379. The molecule has 3 saturated heterocycles. The summed E-state index contributed by atoms with van der Waals surface area (Å²) in [6.45, 7) is 1.45. The molecule has 0 aromatic rings. The highest BCUT2D eigenvalue weighted by Crippen LogP contribution is 2.33. The monoisotopic (exact) mass is 1050 g/mol. The minimum atomic E-state index is -1.98. The van der Waals surface area contributed by atoms with Crippen molar-refractivity contribution in [3.63, 3.8) is 0 Å². The van der Waals surface area contributed by atoms with Gasteiger partial charge >= 0.3 is 0 Å². The average Bonchev–Trinajstić information content (AvgIpc) is 3.40. The third-order valence-electron chi connectivity index (χ3n) is 13.0. The first-order valence-corrected chi connectivity index (χ1v) is 26.8. The molecule has 19 nitrogen and oxygen atoms in total. The largest absolute Gasteiger partial charge is 0.394 e. The molecule has 0 radical (unpaired) electrons. The van der Waals surface area contributed by atoms with E-state index in [-0.39, 0.29) is 18.9 Å². The summed E-state index contributed by atoms with van der Waals surface area (Å²) in [6.07, 6.45) is 17.8. The van der Waals surface area contributed by atoms with Crippen molar-refractivity contribution in [2.24, 2.45) is 0 Å². The lowest BCUT2D eigenvalue weighted by Crippen LogP contribution is -2.66. The van der Waals surface area contributed by atoms with Gasteiger partial charge < -0.3 is 89.9 Å². The summed E-state index contributed by atoms with van der Waals surface area (Å²) in [5, 5.41) is 119. The normalized spacial score (nSPS) is 32.1. The topological polar surface area (TPSA) is 307 Å². The Balaban J connectivity index is 1.42. The molecule has 17 unspecified atom stereocenters. The summed E-state index contributed by atoms with van der Waals surface area (Å²) in [4.78, 5) is 13.1. The summed E-state index contributed by atoms with van der Waals surface area (Å²) < 4.78 is 34.0. The molecule has 0 aromatic carbocycles. The van der Waals surface area contributed by atoms with E-state index >= 15 is 0 Å². The molecule has 0 bridgehead atoms. The van der Waals surface area contributed by atoms with Gasteiger partial charge in [-0.15, -0.1) is 0 Å². The number of carbonyl (C=O) groups is 1. The number of amides is 1. The summed E-state index contributed by atoms with van der Waals surface area (Å²) in [7, 11) is 0. The molecule has 1 amide bonds. The number of ether oxygens (including phenoxy) is 6. The summed E-state index contributed by atoms with van der Waals surface area (Å²) in [5.74, 6) is -0.290. The van der Waals surface area contributed by atoms with Crippen LogP contribution in [-0.2, 0) is 33.2 Å². The van der Waals surface area contributed by atoms with Crippen molar-refractivity contribution in [1.29, 1.82) is 0 Å². The smallest absolute Gasteiger partial charge is 0.220 e. The van der Waals surface area contributed by atoms with Crippen LogP contribution in [-0.4, -0.2) is 193 Å². The van der Waals surface area contributed by atoms with Crippen LogP contribution in [0.5, 0.6) is 0 Å². The van der Waals surface area contributed by atoms with Gasteiger partial charge in [0.05, 0.1) is 38.6 Å². The molecule has 3 aliphatic rings. The van der Waals surface area contributed by atoms with Crippen LogP contribution in [0.15, 0.2) is 85.1 Å². The second kappa shape index (κ2) is 38.5. The van der Waals surface area contributed by atoms with Crippen molar-refractivity contribution < 1.29 is 89.4 Å². The fourth-order valence-electron chi connectivity index (χ4n) is 8.52. The van der Waals surface area contributed by atoms with E-state index in [2.05, 4.69) is 104 Å². The van der Waals surface area contributed by atoms with Crippen molar-refractivity contribution in [3.05, 3.63) is 85.1 Å². The zero-order valence-electron chi connectivity index (χ0n) is 43.5. The lowest BCUT2D eigenvalue weighted by Gasteiger charge is -2.48. The minimum absolute atomic E-state index is 0.218. The van der Waals surface area contributed by atoms with Crippen LogP contribution in [0.4, 0.5) is 0 Å². The Labute approximate surface area is 438 Å². The van der Waals surface area contributed by atoms with Crippen molar-refractivity contribution in [3.8, 4) is 0 Å². The SMILES string of the molecule is CC/C=C\C/C=C\C/C=C\C/C=C\C/C=C\C/C=C\C/C=C\CCCCCC(=O)NC(COC1OC(CO)C(OC2OC(CO)C(OC3OC(CO)C(O)C(O)C3O)C(O)C2O)C(O)C1O)C(O)CCCCCC. The Morgan fingerprint density at radius 3 is 1.42 bits per heavy atom. The third kappa shape index (κ3) is 23.3. The molecular weight excluding hydrogens is 963 g/mol. The maximum Gasteiger partial charge on any atom is 0.220 e. The molecule has 3 heterocycles. The highest BCUT2D eigenvalue weighted by Gasteiger charge is 2.53. The Hall–Kier alpha value is -3.03. The first-order valence-electron chi connectivity index (χ1n) is 26.8. The molecule has 0 spiro atoms. The standard InChI is InChI=1S/C55H91NO18/c1-3-5-7-9-10-11-12-13-14-15-16-17-18-19-20-21-22-23-24-25-26-27-28-29-31-33-43(61)56-38(39(60)32-30-8-6-4-2)37-69-53-49(67)46(64)51(41(35-58)71-53)74-55-50(68)47(65)52(42(36-59)72-55)73-54-48(66)45(63)44(62)40(34-57)70-54/h5,7,10-11,13-14,16-17,19-20,22-23,25-26,38-42,44-55,57-60,62-68H,3-4,6,8-9,12,15,18,21,24,27-37H2,1-2H3,(H,56,61)/b7-5-,11-10-,14-13-,17-16-,20-19-,23-22-,26-25-. The maximum absolute atomic E-state index is 13.1. The number of nitrogens with one attached hydrogen (secondary N) is 1. The number of unbranched alkanes of at least 4 members (excludes halogenated alkanes) is 6. The van der Waals surface area contributed by atoms with Gasteiger partial charge in [-0.1, -0.05) is 131 Å². The van der Waals surface area contributed by atoms with Gasteiger partial charge in [-0.3, -0.25) is 4.79 Å². The van der Waals surface area contributed by atoms with Gasteiger partial charge in [0.25, 0.3) is 0 Å². The van der Waals surface area contributed by atoms with Crippen LogP contribution >= 0.6 is 0 Å². The summed E-state index contributed by atoms with van der Waals surface area (Å²) in [6, 6.07) is -0.906. The average molecular weight is 1050 g/mol. The molecule has 17 atom stereocenters. The predicted octanol–water partition coefficient (Wildman–Crippen LogP) is 2.86. The second-order valence-electron chi connectivity index (χ2n) is 19.0. The Morgan fingerprint density at radius 1 is 0.500 bits per heavy atom. The molecule has 3 rings (SSSR count). The van der Waals surface area contributed by atoms with E-state index < -0.39 is 124 Å². The number of aliphatic hydroxyl groups is 11. The number of carbonyl (C=O) groups excluding carboxylic acids is 1. The van der Waals surface area contributed by atoms with Crippen molar-refractivity contribution >= 4 is 5.91 Å². The van der Waals surface area contributed by atoms with Crippen LogP contribution in [0.1, 0.15) is 123 Å². The fourth-order valence-corrected chi connectivity index (χ4v) is 8.52. The fraction of sp³-hybridized carbons (Fsp3) is 0.727. The number of rotatable bonds is 36. The molecule has 3 aliphatic heterocycles. The zero-order chi connectivity index (χ0) is 54.1. The number of hydrogen-bond donors (Lipinski definition) is 12. The van der Waals surface area contributed by atoms with E-state index in [1.807, 2.05) is 0 Å². The molecule has 12 N–H and O–H groups in total. The van der Waals surface area contributed by atoms with Crippen LogP contribution < -0.4 is 5.32 Å². The maximum atomic E-state index is 13.1. The van der Waals surface area contributed by atoms with Gasteiger partial charge in [-0.2, -0.15) is 0 Å². The first kappa shape index (κ1) is 65.3. The quantitative estimate of drug-likeness (QED) is 0.0317. The van der Waals surface area contributed by atoms with Gasteiger partial charge in [-0.25, -0.2) is 0 Å². The number of aliphatic hydroxyl groups excluding tert-OH is 11. The van der Waals surface area contributed by atoms with E-state index in [1.54, 1.807) is 0 Å². The van der Waals surface area contributed by atoms with Gasteiger partial charge in [0.2, 0.25) is 5.91 Å². The number of allylic oxidation sites excluding steroid dienone is 14. The molecule has 19 heteroatoms. The predicted molar refractivity (Wildman–Crippen MR) is 277 cm³/mol. The number of hydrogen-bond acceptors (Lipinski definition) is 18. The molecule has 74 heavy (non-hydrogen) atoms. The molecule has 424 valence electrons. The zero-order valence-corrected chi connectivity index (χ0v) is 43.5. The highest BCUT2D eigenvalue weighted by molar-refractivity contribution is 5.76. The first-order chi connectivity index (χ1) is 35.8. The van der Waals surface area contributed by atoms with Gasteiger partial charge in [0, 0.05) is 6.42 Å². The molecule has 3 fully saturated rings. The van der Waals surface area contributed by atoms with Crippen LogP contribution in [0.25, 0.3) is 0 Å². The molecular formula is C55H91NO18. The molecule has 0 aliphatic carbocycles. The highest BCUT2D eigenvalue weighted by atomic mass is 16.8. The van der Waals surface area contributed by atoms with Crippen LogP contribution in [0.3, 0.4) is 0 Å². The van der Waals surface area contributed by atoms with Gasteiger partial charge in [-0.05, 0) is 70.6 Å². The van der Waals surface area contributed by atoms with Crippen molar-refractivity contribution in [1.82, 2.24) is 5.32 Å². The van der Waals surface area contributed by atoms with E-state index in [0.29, 0.717) is 19.3 Å². The van der Waals surface area contributed by atoms with E-state index in [0.717, 1.165) is 83.5 Å². The molecule has 0 saturated carbocycles. The van der Waals surface area contributed by atoms with Crippen LogP contribution in [0, 0.1) is 0 Å². The third-order valence-corrected chi connectivity index (χ3v) is 13.0. The Morgan fingerprint density at radius 2 is 0.932 bits per heavy atom. The van der Waals surface area contributed by atoms with Crippen molar-refractivity contribution in [2.45, 2.75) is 227 Å². The van der Waals surface area contributed by atoms with Crippen LogP contribution in [0.2, 0.25) is 0 Å². The Kier molecular flexibility index (Phi) is 34.0. The van der Waals surface area contributed by atoms with Crippen molar-refractivity contribution in [2.75, 3.05) is 26.4 Å². The van der Waals surface area contributed by atoms with E-state index in [1.165, 1.54) is 0 Å². The van der Waals surface area contributed by atoms with E-state index in [9.17, 15) is 61.0 Å². The minimum Gasteiger partial charge on any atom is -0.394 e. The lowest BCUT2D eigenvalue weighted by atomic mass is 9.96.